The minimum absolute atomic E-state index is 0.678. The molecule has 0 aliphatic carbocycles. The lowest BCUT2D eigenvalue weighted by molar-refractivity contribution is 0.806. The van der Waals surface area contributed by atoms with Gasteiger partial charge in [-0.15, -0.1) is 0 Å². The standard InChI is InChI=1S/C5H10Br2/c1-2-3-5(7)4-6/h5H,2-4H2,1H3/t5-/m0/s1. The maximum atomic E-state index is 3.49. The van der Waals surface area contributed by atoms with Crippen molar-refractivity contribution < 1.29 is 0 Å². The number of hydrogen-bond acceptors (Lipinski definition) is 0. The van der Waals surface area contributed by atoms with Crippen molar-refractivity contribution in [2.75, 3.05) is 5.33 Å². The van der Waals surface area contributed by atoms with Crippen molar-refractivity contribution in [2.24, 2.45) is 0 Å². The molecule has 0 aliphatic heterocycles. The zero-order valence-electron chi connectivity index (χ0n) is 4.45. The summed E-state index contributed by atoms with van der Waals surface area (Å²) in [4.78, 5) is 0.678. The van der Waals surface area contributed by atoms with E-state index in [-0.39, 0.29) is 0 Å². The fraction of sp³-hybridized carbons (Fsp3) is 1.00. The van der Waals surface area contributed by atoms with Crippen molar-refractivity contribution >= 4 is 31.9 Å². The van der Waals surface area contributed by atoms with E-state index in [2.05, 4.69) is 38.8 Å². The van der Waals surface area contributed by atoms with Gasteiger partial charge in [0, 0.05) is 10.2 Å². The van der Waals surface area contributed by atoms with Gasteiger partial charge < -0.3 is 0 Å². The second-order valence-corrected chi connectivity index (χ2v) is 3.48. The molecule has 44 valence electrons. The average molecular weight is 230 g/mol. The molecule has 2 heteroatoms. The maximum Gasteiger partial charge on any atom is 0.0242 e. The van der Waals surface area contributed by atoms with E-state index < -0.39 is 0 Å². The first-order chi connectivity index (χ1) is 3.31. The molecule has 0 rings (SSSR count). The van der Waals surface area contributed by atoms with Crippen LogP contribution in [0.5, 0.6) is 0 Å². The summed E-state index contributed by atoms with van der Waals surface area (Å²) in [6.07, 6.45) is 2.53. The molecule has 0 aromatic rings. The van der Waals surface area contributed by atoms with Crippen LogP contribution in [-0.2, 0) is 0 Å². The van der Waals surface area contributed by atoms with Gasteiger partial charge in [0.1, 0.15) is 0 Å². The maximum absolute atomic E-state index is 3.49. The number of halogens is 2. The smallest absolute Gasteiger partial charge is 0.0242 e. The van der Waals surface area contributed by atoms with Crippen molar-refractivity contribution in [3.05, 3.63) is 0 Å². The van der Waals surface area contributed by atoms with Gasteiger partial charge in [-0.3, -0.25) is 0 Å². The van der Waals surface area contributed by atoms with Gasteiger partial charge in [-0.25, -0.2) is 0 Å². The van der Waals surface area contributed by atoms with Crippen molar-refractivity contribution in [3.63, 3.8) is 0 Å². The van der Waals surface area contributed by atoms with Crippen LogP contribution in [0.2, 0.25) is 0 Å². The lowest BCUT2D eigenvalue weighted by Crippen LogP contribution is -1.95. The molecule has 0 aromatic heterocycles. The van der Waals surface area contributed by atoms with Gasteiger partial charge in [0.25, 0.3) is 0 Å². The van der Waals surface area contributed by atoms with E-state index in [1.807, 2.05) is 0 Å². The Hall–Kier alpha value is 0.960. The third-order valence-electron chi connectivity index (χ3n) is 0.769. The van der Waals surface area contributed by atoms with Crippen LogP contribution in [0.25, 0.3) is 0 Å². The van der Waals surface area contributed by atoms with Crippen LogP contribution in [0.3, 0.4) is 0 Å². The summed E-state index contributed by atoms with van der Waals surface area (Å²) < 4.78 is 0. The minimum atomic E-state index is 0.678. The minimum Gasteiger partial charge on any atom is -0.0916 e. The van der Waals surface area contributed by atoms with Crippen LogP contribution in [-0.4, -0.2) is 10.2 Å². The van der Waals surface area contributed by atoms with Gasteiger partial charge in [0.05, 0.1) is 0 Å². The quantitative estimate of drug-likeness (QED) is 0.653. The zero-order valence-corrected chi connectivity index (χ0v) is 7.63. The molecule has 7 heavy (non-hydrogen) atoms. The Morgan fingerprint density at radius 1 is 1.57 bits per heavy atom. The van der Waals surface area contributed by atoms with Crippen LogP contribution in [0.1, 0.15) is 19.8 Å². The van der Waals surface area contributed by atoms with E-state index in [1.54, 1.807) is 0 Å². The van der Waals surface area contributed by atoms with E-state index in [0.29, 0.717) is 4.83 Å². The third kappa shape index (κ3) is 4.82. The van der Waals surface area contributed by atoms with Crippen LogP contribution >= 0.6 is 31.9 Å². The first kappa shape index (κ1) is 7.96. The van der Waals surface area contributed by atoms with Crippen molar-refractivity contribution in [1.29, 1.82) is 0 Å². The highest BCUT2D eigenvalue weighted by Crippen LogP contribution is 2.09. The highest BCUT2D eigenvalue weighted by Gasteiger charge is 1.96. The molecular weight excluding hydrogens is 220 g/mol. The third-order valence-corrected chi connectivity index (χ3v) is 3.20. The first-order valence-corrected chi connectivity index (χ1v) is 4.55. The van der Waals surface area contributed by atoms with Gasteiger partial charge in [-0.1, -0.05) is 45.2 Å². The first-order valence-electron chi connectivity index (χ1n) is 2.51. The molecule has 0 unspecified atom stereocenters. The topological polar surface area (TPSA) is 0 Å². The summed E-state index contributed by atoms with van der Waals surface area (Å²) >= 11 is 6.86. The fourth-order valence-corrected chi connectivity index (χ4v) is 1.17. The van der Waals surface area contributed by atoms with E-state index in [1.165, 1.54) is 12.8 Å². The van der Waals surface area contributed by atoms with Gasteiger partial charge in [-0.2, -0.15) is 0 Å². The Kier molecular flexibility index (Phi) is 5.80. The molecule has 0 bridgehead atoms. The van der Waals surface area contributed by atoms with Gasteiger partial charge in [0.2, 0.25) is 0 Å². The molecule has 0 N–H and O–H groups in total. The fourth-order valence-electron chi connectivity index (χ4n) is 0.390. The highest BCUT2D eigenvalue weighted by molar-refractivity contribution is 9.12. The van der Waals surface area contributed by atoms with Crippen LogP contribution in [0, 0.1) is 0 Å². The predicted molar refractivity (Wildman–Crippen MR) is 41.4 cm³/mol. The highest BCUT2D eigenvalue weighted by atomic mass is 79.9. The molecule has 0 aliphatic rings. The zero-order chi connectivity index (χ0) is 5.70. The molecular formula is C5H10Br2. The molecule has 0 saturated carbocycles. The number of alkyl halides is 2. The molecule has 1 atom stereocenters. The second-order valence-electron chi connectivity index (χ2n) is 1.54. The van der Waals surface area contributed by atoms with Crippen molar-refractivity contribution in [1.82, 2.24) is 0 Å². The lowest BCUT2D eigenvalue weighted by Gasteiger charge is -1.99. The van der Waals surface area contributed by atoms with Gasteiger partial charge in [-0.05, 0) is 6.42 Å². The summed E-state index contributed by atoms with van der Waals surface area (Å²) in [5, 5.41) is 1.07. The molecule has 0 saturated heterocycles. The molecule has 0 radical (unpaired) electrons. The molecule has 0 spiro atoms. The normalized spacial score (nSPS) is 14.1. The summed E-state index contributed by atoms with van der Waals surface area (Å²) in [6.45, 7) is 2.19. The summed E-state index contributed by atoms with van der Waals surface area (Å²) in [7, 11) is 0. The SMILES string of the molecule is CCC[C@H](Br)CBr. The van der Waals surface area contributed by atoms with E-state index >= 15 is 0 Å². The van der Waals surface area contributed by atoms with E-state index in [9.17, 15) is 0 Å². The number of hydrogen-bond donors (Lipinski definition) is 0. The van der Waals surface area contributed by atoms with Gasteiger partial charge in [0.15, 0.2) is 0 Å². The predicted octanol–water partition coefficient (Wildman–Crippen LogP) is 2.94. The molecule has 0 heterocycles. The Morgan fingerprint density at radius 2 is 2.14 bits per heavy atom. The molecule has 0 amide bonds. The largest absolute Gasteiger partial charge is 0.0916 e. The molecule has 0 aromatic carbocycles. The van der Waals surface area contributed by atoms with E-state index in [0.717, 1.165) is 5.33 Å². The summed E-state index contributed by atoms with van der Waals surface area (Å²) in [5.41, 5.74) is 0. The number of rotatable bonds is 3. The van der Waals surface area contributed by atoms with Crippen LogP contribution in [0.15, 0.2) is 0 Å². The van der Waals surface area contributed by atoms with Crippen molar-refractivity contribution in [2.45, 2.75) is 24.6 Å². The van der Waals surface area contributed by atoms with Crippen LogP contribution < -0.4 is 0 Å². The summed E-state index contributed by atoms with van der Waals surface area (Å²) in [5.74, 6) is 0. The van der Waals surface area contributed by atoms with Crippen LogP contribution in [0.4, 0.5) is 0 Å². The summed E-state index contributed by atoms with van der Waals surface area (Å²) in [6, 6.07) is 0. The Balaban J connectivity index is 2.83. The Bertz CT molecular complexity index is 37.1. The van der Waals surface area contributed by atoms with Crippen molar-refractivity contribution in [3.8, 4) is 0 Å². The van der Waals surface area contributed by atoms with Gasteiger partial charge >= 0.3 is 0 Å². The van der Waals surface area contributed by atoms with E-state index in [4.69, 9.17) is 0 Å². The molecule has 0 nitrogen and oxygen atoms in total. The Labute approximate surface area is 61.9 Å². The average Bonchev–Trinajstić information content (AvgIpc) is 1.68. The monoisotopic (exact) mass is 228 g/mol. The molecule has 0 fully saturated rings. The lowest BCUT2D eigenvalue weighted by atomic mass is 10.3. The Morgan fingerprint density at radius 3 is 2.29 bits per heavy atom. The second kappa shape index (κ2) is 5.10.